The highest BCUT2D eigenvalue weighted by molar-refractivity contribution is 5.52. The van der Waals surface area contributed by atoms with Crippen molar-refractivity contribution in [3.05, 3.63) is 35.1 Å². The lowest BCUT2D eigenvalue weighted by molar-refractivity contribution is -0.120. The van der Waals surface area contributed by atoms with Crippen molar-refractivity contribution in [1.29, 1.82) is 0 Å². The van der Waals surface area contributed by atoms with E-state index in [9.17, 15) is 4.79 Å². The molecule has 3 rings (SSSR count). The van der Waals surface area contributed by atoms with E-state index in [1.54, 1.807) is 0 Å². The van der Waals surface area contributed by atoms with Crippen LogP contribution < -0.4 is 0 Å². The lowest BCUT2D eigenvalue weighted by Gasteiger charge is -2.37. The third-order valence-corrected chi connectivity index (χ3v) is 5.85. The summed E-state index contributed by atoms with van der Waals surface area (Å²) in [6.07, 6.45) is 18.8. The second-order valence-electron chi connectivity index (χ2n) is 7.32. The van der Waals surface area contributed by atoms with E-state index in [4.69, 9.17) is 4.74 Å². The molecule has 0 aromatic rings. The number of hydrogen-bond donors (Lipinski definition) is 0. The van der Waals surface area contributed by atoms with Gasteiger partial charge in [0.2, 0.25) is 6.41 Å². The molecule has 3 heteroatoms. The Balaban J connectivity index is 1.71. The summed E-state index contributed by atoms with van der Waals surface area (Å²) in [5.74, 6) is 1.84. The largest absolute Gasteiger partial charge is 0.494 e. The van der Waals surface area contributed by atoms with Gasteiger partial charge in [-0.15, -0.1) is 0 Å². The fourth-order valence-electron chi connectivity index (χ4n) is 4.51. The molecule has 132 valence electrons. The summed E-state index contributed by atoms with van der Waals surface area (Å²) in [4.78, 5) is 13.6. The van der Waals surface area contributed by atoms with Crippen molar-refractivity contribution in [2.45, 2.75) is 70.8 Å². The minimum atomic E-state index is 0.287. The number of hydrogen-bond acceptors (Lipinski definition) is 2. The SMILES string of the molecule is CCOC1=CCC2=C(C=C1)CCN(C=O)[C@H]2CCC1CCCCC1. The molecule has 1 fully saturated rings. The lowest BCUT2D eigenvalue weighted by Crippen LogP contribution is -2.40. The summed E-state index contributed by atoms with van der Waals surface area (Å²) in [7, 11) is 0. The first-order chi connectivity index (χ1) is 11.8. The predicted molar refractivity (Wildman–Crippen MR) is 97.5 cm³/mol. The van der Waals surface area contributed by atoms with Gasteiger partial charge in [0.1, 0.15) is 5.76 Å². The predicted octanol–water partition coefficient (Wildman–Crippen LogP) is 4.75. The Morgan fingerprint density at radius 1 is 1.21 bits per heavy atom. The first-order valence-electron chi connectivity index (χ1n) is 9.75. The van der Waals surface area contributed by atoms with Crippen molar-refractivity contribution in [1.82, 2.24) is 4.90 Å². The molecule has 0 unspecified atom stereocenters. The number of nitrogens with zero attached hydrogens (tertiary/aromatic N) is 1. The van der Waals surface area contributed by atoms with Crippen LogP contribution in [0.5, 0.6) is 0 Å². The summed E-state index contributed by atoms with van der Waals surface area (Å²) >= 11 is 0. The second-order valence-corrected chi connectivity index (χ2v) is 7.32. The van der Waals surface area contributed by atoms with E-state index in [1.807, 2.05) is 11.8 Å². The van der Waals surface area contributed by atoms with Gasteiger partial charge in [-0.05, 0) is 61.8 Å². The average Bonchev–Trinajstić information content (AvgIpc) is 2.83. The number of carbonyl (C=O) groups excluding carboxylic acids is 1. The van der Waals surface area contributed by atoms with Crippen LogP contribution >= 0.6 is 0 Å². The van der Waals surface area contributed by atoms with Crippen molar-refractivity contribution < 1.29 is 9.53 Å². The molecule has 0 bridgehead atoms. The van der Waals surface area contributed by atoms with Crippen LogP contribution in [0.2, 0.25) is 0 Å². The maximum absolute atomic E-state index is 11.6. The van der Waals surface area contributed by atoms with E-state index in [2.05, 4.69) is 18.2 Å². The van der Waals surface area contributed by atoms with Crippen LogP contribution in [0.4, 0.5) is 0 Å². The molecule has 1 aliphatic heterocycles. The number of amides is 1. The molecular weight excluding hydrogens is 298 g/mol. The third-order valence-electron chi connectivity index (χ3n) is 5.85. The molecule has 0 N–H and O–H groups in total. The highest BCUT2D eigenvalue weighted by Crippen LogP contribution is 2.35. The summed E-state index contributed by atoms with van der Waals surface area (Å²) in [6.45, 7) is 3.58. The minimum Gasteiger partial charge on any atom is -0.494 e. The molecule has 3 aliphatic rings. The molecule has 0 radical (unpaired) electrons. The molecule has 3 nitrogen and oxygen atoms in total. The maximum atomic E-state index is 11.6. The van der Waals surface area contributed by atoms with Crippen LogP contribution in [0.1, 0.15) is 64.7 Å². The highest BCUT2D eigenvalue weighted by atomic mass is 16.5. The van der Waals surface area contributed by atoms with Crippen LogP contribution in [0, 0.1) is 5.92 Å². The van der Waals surface area contributed by atoms with Crippen LogP contribution in [0.3, 0.4) is 0 Å². The Labute approximate surface area is 146 Å². The summed E-state index contributed by atoms with van der Waals surface area (Å²) in [6, 6.07) is 0.287. The van der Waals surface area contributed by atoms with E-state index in [0.29, 0.717) is 6.61 Å². The molecule has 1 saturated carbocycles. The Morgan fingerprint density at radius 3 is 2.79 bits per heavy atom. The van der Waals surface area contributed by atoms with Gasteiger partial charge in [0.05, 0.1) is 12.6 Å². The Bertz CT molecular complexity index is 526. The van der Waals surface area contributed by atoms with Gasteiger partial charge in [-0.1, -0.05) is 38.2 Å². The number of allylic oxidation sites excluding steroid dienone is 3. The fraction of sp³-hybridized carbons (Fsp3) is 0.667. The van der Waals surface area contributed by atoms with Gasteiger partial charge in [-0.3, -0.25) is 4.79 Å². The molecule has 0 saturated heterocycles. The third kappa shape index (κ3) is 4.12. The van der Waals surface area contributed by atoms with Gasteiger partial charge in [0.15, 0.2) is 0 Å². The standard InChI is InChI=1S/C21H31NO2/c1-2-24-19-10-9-18-14-15-22(16-23)21(20(18)12-11-19)13-8-17-6-4-3-5-7-17/h9-11,16-17,21H,2-8,12-15H2,1H3/t21-/m0/s1. The van der Waals surface area contributed by atoms with Crippen LogP contribution in [0.15, 0.2) is 35.1 Å². The maximum Gasteiger partial charge on any atom is 0.210 e. The highest BCUT2D eigenvalue weighted by Gasteiger charge is 2.29. The molecule has 24 heavy (non-hydrogen) atoms. The van der Waals surface area contributed by atoms with Crippen LogP contribution in [0.25, 0.3) is 0 Å². The molecule has 0 aromatic heterocycles. The topological polar surface area (TPSA) is 29.5 Å². The van der Waals surface area contributed by atoms with E-state index >= 15 is 0 Å². The monoisotopic (exact) mass is 329 g/mol. The molecule has 1 atom stereocenters. The first-order valence-corrected chi connectivity index (χ1v) is 9.75. The fourth-order valence-corrected chi connectivity index (χ4v) is 4.51. The number of carbonyl (C=O) groups is 1. The van der Waals surface area contributed by atoms with Gasteiger partial charge < -0.3 is 9.64 Å². The van der Waals surface area contributed by atoms with Crippen molar-refractivity contribution in [3.63, 3.8) is 0 Å². The van der Waals surface area contributed by atoms with Crippen molar-refractivity contribution in [3.8, 4) is 0 Å². The number of rotatable bonds is 6. The van der Waals surface area contributed by atoms with E-state index in [-0.39, 0.29) is 6.04 Å². The quantitative estimate of drug-likeness (QED) is 0.658. The van der Waals surface area contributed by atoms with Crippen molar-refractivity contribution >= 4 is 6.41 Å². The lowest BCUT2D eigenvalue weighted by atomic mass is 9.82. The van der Waals surface area contributed by atoms with Gasteiger partial charge in [0, 0.05) is 6.54 Å². The Kier molecular flexibility index (Phi) is 6.17. The molecule has 0 spiro atoms. The summed E-state index contributed by atoms with van der Waals surface area (Å²) in [5.41, 5.74) is 2.86. The van der Waals surface area contributed by atoms with Crippen molar-refractivity contribution in [2.75, 3.05) is 13.2 Å². The summed E-state index contributed by atoms with van der Waals surface area (Å²) in [5, 5.41) is 0. The van der Waals surface area contributed by atoms with Gasteiger partial charge in [0.25, 0.3) is 0 Å². The Hall–Kier alpha value is -1.51. The normalized spacial score (nSPS) is 25.1. The zero-order valence-corrected chi connectivity index (χ0v) is 15.0. The van der Waals surface area contributed by atoms with E-state index in [1.165, 1.54) is 49.7 Å². The molecule has 1 heterocycles. The van der Waals surface area contributed by atoms with Crippen molar-refractivity contribution in [2.24, 2.45) is 5.92 Å². The zero-order valence-electron chi connectivity index (χ0n) is 15.0. The average molecular weight is 329 g/mol. The Morgan fingerprint density at radius 2 is 2.04 bits per heavy atom. The first kappa shape index (κ1) is 17.3. The number of ether oxygens (including phenoxy) is 1. The smallest absolute Gasteiger partial charge is 0.210 e. The van der Waals surface area contributed by atoms with Gasteiger partial charge in [-0.25, -0.2) is 0 Å². The molecule has 0 aromatic carbocycles. The molecule has 1 amide bonds. The van der Waals surface area contributed by atoms with E-state index in [0.717, 1.165) is 43.9 Å². The van der Waals surface area contributed by atoms with E-state index < -0.39 is 0 Å². The summed E-state index contributed by atoms with van der Waals surface area (Å²) < 4.78 is 5.68. The van der Waals surface area contributed by atoms with Gasteiger partial charge >= 0.3 is 0 Å². The molecular formula is C21H31NO2. The van der Waals surface area contributed by atoms with Crippen LogP contribution in [-0.4, -0.2) is 30.5 Å². The zero-order chi connectivity index (χ0) is 16.8. The minimum absolute atomic E-state index is 0.287. The second kappa shape index (κ2) is 8.55. The van der Waals surface area contributed by atoms with Crippen LogP contribution in [-0.2, 0) is 9.53 Å². The van der Waals surface area contributed by atoms with Gasteiger partial charge in [-0.2, -0.15) is 0 Å². The molecule has 2 aliphatic carbocycles.